The molecule has 0 saturated heterocycles. The van der Waals surface area contributed by atoms with Crippen LogP contribution in [0.4, 0.5) is 0 Å². The molecule has 0 N–H and O–H groups in total. The van der Waals surface area contributed by atoms with Gasteiger partial charge in [0.25, 0.3) is 0 Å². The number of pyridine rings is 3. The molecule has 3 heterocycles. The highest BCUT2D eigenvalue weighted by molar-refractivity contribution is 5.63. The smallest absolute Gasteiger partial charge is 0.0894 e. The molecule has 0 bridgehead atoms. The van der Waals surface area contributed by atoms with Gasteiger partial charge in [-0.05, 0) is 84.7 Å². The van der Waals surface area contributed by atoms with Crippen LogP contribution in [-0.2, 0) is 0 Å². The van der Waals surface area contributed by atoms with Crippen LogP contribution in [0.5, 0.6) is 0 Å². The van der Waals surface area contributed by atoms with Crippen LogP contribution >= 0.6 is 0 Å². The summed E-state index contributed by atoms with van der Waals surface area (Å²) in [6.07, 6.45) is 4.96. The predicted octanol–water partition coefficient (Wildman–Crippen LogP) is 8.48. The maximum absolute atomic E-state index is 5.20. The average Bonchev–Trinajstić information content (AvgIpc) is 2.83. The molecule has 0 fully saturated rings. The summed E-state index contributed by atoms with van der Waals surface area (Å²) in [5, 5.41) is 0. The van der Waals surface area contributed by atoms with E-state index >= 15 is 0 Å². The highest BCUT2D eigenvalue weighted by Gasteiger charge is 2.30. The lowest BCUT2D eigenvalue weighted by Crippen LogP contribution is -2.19. The van der Waals surface area contributed by atoms with Crippen molar-refractivity contribution >= 4 is 0 Å². The molecular formula is C31H39N3. The molecule has 0 radical (unpaired) electrons. The van der Waals surface area contributed by atoms with Crippen molar-refractivity contribution in [1.82, 2.24) is 15.0 Å². The third-order valence-corrected chi connectivity index (χ3v) is 8.38. The molecule has 0 amide bonds. The molecule has 0 saturated carbocycles. The van der Waals surface area contributed by atoms with Crippen LogP contribution in [0.15, 0.2) is 42.5 Å². The van der Waals surface area contributed by atoms with Gasteiger partial charge in [0.05, 0.1) is 22.8 Å². The monoisotopic (exact) mass is 453 g/mol. The summed E-state index contributed by atoms with van der Waals surface area (Å²) in [4.78, 5) is 15.5. The van der Waals surface area contributed by atoms with Gasteiger partial charge in [0.1, 0.15) is 0 Å². The topological polar surface area (TPSA) is 38.7 Å². The SMILES string of the molecule is CC(C)[C@@H]1CC[C@@H](C)c2ccc(-c3cccc(-c4ccc5c(n4)[C@@H](C(C)C)CC[C@H]5C)n3)nc21. The van der Waals surface area contributed by atoms with Gasteiger partial charge in [0.2, 0.25) is 0 Å². The molecule has 0 unspecified atom stereocenters. The van der Waals surface area contributed by atoms with Crippen molar-refractivity contribution < 1.29 is 0 Å². The maximum atomic E-state index is 5.20. The molecule has 0 aromatic carbocycles. The van der Waals surface area contributed by atoms with E-state index in [-0.39, 0.29) is 0 Å². The zero-order valence-corrected chi connectivity index (χ0v) is 21.7. The fourth-order valence-corrected chi connectivity index (χ4v) is 6.15. The van der Waals surface area contributed by atoms with E-state index in [2.05, 4.69) is 84.0 Å². The van der Waals surface area contributed by atoms with E-state index in [4.69, 9.17) is 15.0 Å². The minimum atomic E-state index is 0.534. The minimum Gasteiger partial charge on any atom is -0.251 e. The van der Waals surface area contributed by atoms with E-state index in [0.717, 1.165) is 22.8 Å². The molecule has 2 aliphatic carbocycles. The Balaban J connectivity index is 1.53. The minimum absolute atomic E-state index is 0.534. The van der Waals surface area contributed by atoms with Gasteiger partial charge < -0.3 is 0 Å². The van der Waals surface area contributed by atoms with Gasteiger partial charge in [-0.2, -0.15) is 0 Å². The van der Waals surface area contributed by atoms with Crippen molar-refractivity contribution in [2.24, 2.45) is 11.8 Å². The lowest BCUT2D eigenvalue weighted by atomic mass is 9.75. The molecule has 3 heteroatoms. The Morgan fingerprint density at radius 1 is 0.559 bits per heavy atom. The number of rotatable bonds is 4. The van der Waals surface area contributed by atoms with Gasteiger partial charge in [0, 0.05) is 23.2 Å². The fraction of sp³-hybridized carbons (Fsp3) is 0.516. The molecule has 178 valence electrons. The van der Waals surface area contributed by atoms with E-state index in [1.807, 2.05) is 0 Å². The van der Waals surface area contributed by atoms with Crippen molar-refractivity contribution in [3.63, 3.8) is 0 Å². The van der Waals surface area contributed by atoms with Crippen LogP contribution in [0.3, 0.4) is 0 Å². The third kappa shape index (κ3) is 4.19. The summed E-state index contributed by atoms with van der Waals surface area (Å²) in [5.74, 6) is 3.44. The van der Waals surface area contributed by atoms with Crippen molar-refractivity contribution in [1.29, 1.82) is 0 Å². The Morgan fingerprint density at radius 2 is 0.971 bits per heavy atom. The summed E-state index contributed by atoms with van der Waals surface area (Å²) in [6, 6.07) is 15.2. The summed E-state index contributed by atoms with van der Waals surface area (Å²) in [5.41, 5.74) is 9.27. The van der Waals surface area contributed by atoms with Gasteiger partial charge in [-0.15, -0.1) is 0 Å². The van der Waals surface area contributed by atoms with Crippen molar-refractivity contribution in [2.75, 3.05) is 0 Å². The highest BCUT2D eigenvalue weighted by atomic mass is 14.8. The van der Waals surface area contributed by atoms with Crippen molar-refractivity contribution in [3.05, 3.63) is 65.0 Å². The Labute approximate surface area is 205 Å². The maximum Gasteiger partial charge on any atom is 0.0894 e. The van der Waals surface area contributed by atoms with E-state index in [1.54, 1.807) is 0 Å². The second-order valence-electron chi connectivity index (χ2n) is 11.4. The normalized spacial score (nSPS) is 24.2. The van der Waals surface area contributed by atoms with Crippen LogP contribution in [0, 0.1) is 11.8 Å². The highest BCUT2D eigenvalue weighted by Crippen LogP contribution is 2.43. The van der Waals surface area contributed by atoms with Crippen LogP contribution < -0.4 is 0 Å². The van der Waals surface area contributed by atoms with Gasteiger partial charge in [-0.1, -0.05) is 59.7 Å². The lowest BCUT2D eigenvalue weighted by Gasteiger charge is -2.31. The first kappa shape index (κ1) is 23.2. The van der Waals surface area contributed by atoms with Gasteiger partial charge >= 0.3 is 0 Å². The molecule has 0 aliphatic heterocycles. The Hall–Kier alpha value is -2.55. The van der Waals surface area contributed by atoms with E-state index in [9.17, 15) is 0 Å². The van der Waals surface area contributed by atoms with E-state index in [0.29, 0.717) is 35.5 Å². The summed E-state index contributed by atoms with van der Waals surface area (Å²) in [6.45, 7) is 14.0. The number of nitrogens with zero attached hydrogens (tertiary/aromatic N) is 3. The number of hydrogen-bond donors (Lipinski definition) is 0. The number of fused-ring (bicyclic) bond motifs is 2. The quantitative estimate of drug-likeness (QED) is 0.397. The molecule has 34 heavy (non-hydrogen) atoms. The van der Waals surface area contributed by atoms with Crippen LogP contribution in [0.2, 0.25) is 0 Å². The average molecular weight is 454 g/mol. The molecule has 5 rings (SSSR count). The Kier molecular flexibility index (Phi) is 6.31. The van der Waals surface area contributed by atoms with Gasteiger partial charge in [0.15, 0.2) is 0 Å². The van der Waals surface area contributed by atoms with Crippen molar-refractivity contribution in [3.8, 4) is 22.8 Å². The molecule has 2 aliphatic rings. The second-order valence-corrected chi connectivity index (χ2v) is 11.4. The predicted molar refractivity (Wildman–Crippen MR) is 141 cm³/mol. The molecule has 3 aromatic rings. The second kappa shape index (κ2) is 9.24. The van der Waals surface area contributed by atoms with E-state index in [1.165, 1.54) is 48.2 Å². The number of aromatic nitrogens is 3. The van der Waals surface area contributed by atoms with Crippen LogP contribution in [0.1, 0.15) is 113 Å². The van der Waals surface area contributed by atoms with Crippen molar-refractivity contribution in [2.45, 2.75) is 90.9 Å². The molecule has 3 aromatic heterocycles. The Morgan fingerprint density at radius 3 is 1.38 bits per heavy atom. The first-order chi connectivity index (χ1) is 16.3. The number of hydrogen-bond acceptors (Lipinski definition) is 3. The summed E-state index contributed by atoms with van der Waals surface area (Å²) in [7, 11) is 0. The molecule has 0 spiro atoms. The zero-order valence-electron chi connectivity index (χ0n) is 21.7. The summed E-state index contributed by atoms with van der Waals surface area (Å²) >= 11 is 0. The molecular weight excluding hydrogens is 414 g/mol. The third-order valence-electron chi connectivity index (χ3n) is 8.38. The van der Waals surface area contributed by atoms with Gasteiger partial charge in [-0.25, -0.2) is 4.98 Å². The standard InChI is InChI=1S/C31H39N3/c1-18(2)22-12-10-20(5)24-14-16-28(33-30(22)24)26-8-7-9-27(32-26)29-17-15-25-21(6)11-13-23(19(3)4)31(25)34-29/h7-9,14-23H,10-13H2,1-6H3/t20-,21-,22-,23+/m1/s1. The fourth-order valence-electron chi connectivity index (χ4n) is 6.15. The molecule has 4 atom stereocenters. The van der Waals surface area contributed by atoms with Gasteiger partial charge in [-0.3, -0.25) is 9.97 Å². The van der Waals surface area contributed by atoms with Crippen LogP contribution in [-0.4, -0.2) is 15.0 Å². The summed E-state index contributed by atoms with van der Waals surface area (Å²) < 4.78 is 0. The van der Waals surface area contributed by atoms with E-state index < -0.39 is 0 Å². The first-order valence-electron chi connectivity index (χ1n) is 13.3. The largest absolute Gasteiger partial charge is 0.251 e. The van der Waals surface area contributed by atoms with Crippen LogP contribution in [0.25, 0.3) is 22.8 Å². The Bertz CT molecular complexity index is 1090. The first-order valence-corrected chi connectivity index (χ1v) is 13.3. The zero-order chi connectivity index (χ0) is 24.0. The molecule has 3 nitrogen and oxygen atoms in total. The lowest BCUT2D eigenvalue weighted by molar-refractivity contribution is 0.401.